The number of hydrogen-bond donors (Lipinski definition) is 1. The van der Waals surface area contributed by atoms with Crippen molar-refractivity contribution in [3.63, 3.8) is 0 Å². The molecule has 1 amide bonds. The van der Waals surface area contributed by atoms with Gasteiger partial charge in [-0.3, -0.25) is 9.52 Å². The summed E-state index contributed by atoms with van der Waals surface area (Å²) in [6, 6.07) is 15.5. The highest BCUT2D eigenvalue weighted by atomic mass is 32.2. The van der Waals surface area contributed by atoms with Gasteiger partial charge >= 0.3 is 0 Å². The lowest BCUT2D eigenvalue weighted by Gasteiger charge is -2.29. The third-order valence-electron chi connectivity index (χ3n) is 5.07. The molecule has 150 valence electrons. The summed E-state index contributed by atoms with van der Waals surface area (Å²) in [4.78, 5) is 14.6. The predicted molar refractivity (Wildman–Crippen MR) is 112 cm³/mol. The highest BCUT2D eigenvalue weighted by Crippen LogP contribution is 2.31. The van der Waals surface area contributed by atoms with Crippen LogP contribution < -0.4 is 9.62 Å². The molecule has 0 bridgehead atoms. The Kier molecular flexibility index (Phi) is 5.15. The maximum atomic E-state index is 12.7. The average Bonchev–Trinajstić information content (AvgIpc) is 3.27. The Bertz CT molecular complexity index is 1120. The van der Waals surface area contributed by atoms with Crippen molar-refractivity contribution in [2.75, 3.05) is 16.2 Å². The fourth-order valence-electron chi connectivity index (χ4n) is 3.52. The topological polar surface area (TPSA) is 79.6 Å². The van der Waals surface area contributed by atoms with Crippen LogP contribution in [0.4, 0.5) is 11.4 Å². The number of rotatable bonds is 5. The van der Waals surface area contributed by atoms with Gasteiger partial charge in [0.15, 0.2) is 5.76 Å². The molecule has 1 aliphatic rings. The lowest BCUT2D eigenvalue weighted by Crippen LogP contribution is -2.35. The third kappa shape index (κ3) is 3.91. The predicted octanol–water partition coefficient (Wildman–Crippen LogP) is 4.24. The molecule has 4 rings (SSSR count). The number of furan rings is 1. The van der Waals surface area contributed by atoms with Crippen LogP contribution in [0.5, 0.6) is 0 Å². The molecule has 2 aromatic carbocycles. The van der Waals surface area contributed by atoms with Gasteiger partial charge in [0.05, 0.1) is 11.2 Å². The van der Waals surface area contributed by atoms with Crippen molar-refractivity contribution in [1.29, 1.82) is 0 Å². The van der Waals surface area contributed by atoms with Gasteiger partial charge < -0.3 is 9.32 Å². The summed E-state index contributed by atoms with van der Waals surface area (Å²) in [5.74, 6) is 0.0958. The van der Waals surface area contributed by atoms with E-state index in [1.54, 1.807) is 47.4 Å². The second kappa shape index (κ2) is 7.75. The third-order valence-corrected chi connectivity index (χ3v) is 6.47. The number of aryl methyl sites for hydroxylation is 2. The van der Waals surface area contributed by atoms with E-state index < -0.39 is 10.0 Å². The minimum Gasteiger partial charge on any atom is -0.459 e. The zero-order valence-electron chi connectivity index (χ0n) is 16.1. The molecule has 1 aliphatic heterocycles. The molecular weight excluding hydrogens is 388 g/mol. The van der Waals surface area contributed by atoms with E-state index in [4.69, 9.17) is 4.42 Å². The first-order valence-electron chi connectivity index (χ1n) is 9.58. The van der Waals surface area contributed by atoms with E-state index >= 15 is 0 Å². The zero-order chi connectivity index (χ0) is 20.4. The first-order chi connectivity index (χ1) is 14.0. The van der Waals surface area contributed by atoms with Crippen LogP contribution in [0.25, 0.3) is 0 Å². The van der Waals surface area contributed by atoms with Gasteiger partial charge in [-0.05, 0) is 72.9 Å². The number of anilines is 2. The van der Waals surface area contributed by atoms with Crippen LogP contribution in [0.1, 0.15) is 35.0 Å². The normalized spacial score (nSPS) is 13.8. The number of sulfonamides is 1. The van der Waals surface area contributed by atoms with E-state index in [2.05, 4.69) is 4.72 Å². The Morgan fingerprint density at radius 2 is 1.93 bits per heavy atom. The van der Waals surface area contributed by atoms with Crippen molar-refractivity contribution in [2.24, 2.45) is 0 Å². The van der Waals surface area contributed by atoms with Crippen molar-refractivity contribution >= 4 is 27.3 Å². The van der Waals surface area contributed by atoms with Crippen LogP contribution in [0.2, 0.25) is 0 Å². The number of hydrogen-bond acceptors (Lipinski definition) is 4. The minimum absolute atomic E-state index is 0.194. The van der Waals surface area contributed by atoms with Crippen molar-refractivity contribution in [3.05, 3.63) is 77.7 Å². The minimum atomic E-state index is -3.68. The van der Waals surface area contributed by atoms with E-state index in [-0.39, 0.29) is 16.6 Å². The number of fused-ring (bicyclic) bond motifs is 1. The number of nitrogens with zero attached hydrogens (tertiary/aromatic N) is 1. The molecule has 0 radical (unpaired) electrons. The number of benzene rings is 2. The van der Waals surface area contributed by atoms with Crippen LogP contribution in [0.15, 0.2) is 70.2 Å². The molecule has 0 saturated heterocycles. The van der Waals surface area contributed by atoms with E-state index in [1.807, 2.05) is 19.1 Å². The molecule has 0 spiro atoms. The molecule has 29 heavy (non-hydrogen) atoms. The Balaban J connectivity index is 1.58. The molecule has 1 aromatic heterocycles. The SMILES string of the molecule is CCc1ccc(S(=O)(=O)Nc2ccc3c(c2)CCCN3C(=O)c2ccco2)cc1. The molecule has 6 nitrogen and oxygen atoms in total. The molecule has 0 unspecified atom stereocenters. The fourth-order valence-corrected chi connectivity index (χ4v) is 4.57. The van der Waals surface area contributed by atoms with Crippen molar-refractivity contribution < 1.29 is 17.6 Å². The second-order valence-corrected chi connectivity index (χ2v) is 8.67. The van der Waals surface area contributed by atoms with E-state index in [9.17, 15) is 13.2 Å². The Morgan fingerprint density at radius 3 is 2.62 bits per heavy atom. The summed E-state index contributed by atoms with van der Waals surface area (Å²) in [5, 5.41) is 0. The van der Waals surface area contributed by atoms with E-state index in [0.29, 0.717) is 12.2 Å². The first kappa shape index (κ1) is 19.3. The second-order valence-electron chi connectivity index (χ2n) is 6.98. The maximum absolute atomic E-state index is 12.7. The largest absolute Gasteiger partial charge is 0.459 e. The summed E-state index contributed by atoms with van der Waals surface area (Å²) < 4.78 is 33.3. The maximum Gasteiger partial charge on any atom is 0.293 e. The lowest BCUT2D eigenvalue weighted by atomic mass is 10.0. The van der Waals surface area contributed by atoms with Gasteiger partial charge in [0, 0.05) is 17.9 Å². The summed E-state index contributed by atoms with van der Waals surface area (Å²) in [6.45, 7) is 2.62. The summed E-state index contributed by atoms with van der Waals surface area (Å²) in [6.07, 6.45) is 3.90. The molecular formula is C22H22N2O4S. The molecule has 0 atom stereocenters. The Labute approximate surface area is 170 Å². The summed E-state index contributed by atoms with van der Waals surface area (Å²) >= 11 is 0. The number of nitrogens with one attached hydrogen (secondary N) is 1. The van der Waals surface area contributed by atoms with Gasteiger partial charge in [0.25, 0.3) is 15.9 Å². The highest BCUT2D eigenvalue weighted by Gasteiger charge is 2.26. The van der Waals surface area contributed by atoms with Crippen LogP contribution in [0.3, 0.4) is 0 Å². The average molecular weight is 410 g/mol. The van der Waals surface area contributed by atoms with E-state index in [0.717, 1.165) is 36.1 Å². The standard InChI is InChI=1S/C22H22N2O4S/c1-2-16-7-10-19(11-8-16)29(26,27)23-18-9-12-20-17(15-18)5-3-13-24(20)22(25)21-6-4-14-28-21/h4,6-12,14-15,23H,2-3,5,13H2,1H3. The Morgan fingerprint density at radius 1 is 1.14 bits per heavy atom. The molecule has 1 N–H and O–H groups in total. The van der Waals surface area contributed by atoms with Gasteiger partial charge in [-0.1, -0.05) is 19.1 Å². The number of carbonyl (C=O) groups is 1. The van der Waals surface area contributed by atoms with Crippen molar-refractivity contribution in [2.45, 2.75) is 31.1 Å². The zero-order valence-corrected chi connectivity index (χ0v) is 16.9. The number of amides is 1. The van der Waals surface area contributed by atoms with Gasteiger partial charge in [-0.15, -0.1) is 0 Å². The molecule has 0 fully saturated rings. The van der Waals surface area contributed by atoms with Gasteiger partial charge in [-0.25, -0.2) is 8.42 Å². The molecule has 3 aromatic rings. The van der Waals surface area contributed by atoms with Crippen LogP contribution in [0, 0.1) is 0 Å². The summed E-state index contributed by atoms with van der Waals surface area (Å²) in [5.41, 5.74) is 3.28. The molecule has 0 aliphatic carbocycles. The lowest BCUT2D eigenvalue weighted by molar-refractivity contribution is 0.0958. The fraction of sp³-hybridized carbons (Fsp3) is 0.227. The van der Waals surface area contributed by atoms with E-state index in [1.165, 1.54) is 6.26 Å². The van der Waals surface area contributed by atoms with Gasteiger partial charge in [-0.2, -0.15) is 0 Å². The van der Waals surface area contributed by atoms with Gasteiger partial charge in [0.1, 0.15) is 0 Å². The van der Waals surface area contributed by atoms with Gasteiger partial charge in [0.2, 0.25) is 0 Å². The smallest absolute Gasteiger partial charge is 0.293 e. The Hall–Kier alpha value is -3.06. The molecule has 2 heterocycles. The first-order valence-corrected chi connectivity index (χ1v) is 11.1. The quantitative estimate of drug-likeness (QED) is 0.682. The highest BCUT2D eigenvalue weighted by molar-refractivity contribution is 7.92. The molecule has 0 saturated carbocycles. The van der Waals surface area contributed by atoms with Crippen LogP contribution >= 0.6 is 0 Å². The van der Waals surface area contributed by atoms with Crippen LogP contribution in [-0.2, 0) is 22.9 Å². The van der Waals surface area contributed by atoms with Crippen molar-refractivity contribution in [1.82, 2.24) is 0 Å². The monoisotopic (exact) mass is 410 g/mol. The van der Waals surface area contributed by atoms with Crippen molar-refractivity contribution in [3.8, 4) is 0 Å². The molecule has 7 heteroatoms. The number of carbonyl (C=O) groups excluding carboxylic acids is 1. The van der Waals surface area contributed by atoms with Crippen LogP contribution in [-0.4, -0.2) is 20.9 Å². The summed E-state index contributed by atoms with van der Waals surface area (Å²) in [7, 11) is -3.68.